The van der Waals surface area contributed by atoms with E-state index in [1.807, 2.05) is 12.1 Å². The molecule has 0 atom stereocenters. The number of nitriles is 1. The molecule has 0 heterocycles. The monoisotopic (exact) mass is 207 g/mol. The zero-order valence-electron chi connectivity index (χ0n) is 7.28. The first-order valence-corrected chi connectivity index (χ1v) is 5.34. The molecule has 0 N–H and O–H groups in total. The van der Waals surface area contributed by atoms with Crippen LogP contribution in [-0.4, -0.2) is 9.95 Å². The van der Waals surface area contributed by atoms with Gasteiger partial charge in [0.2, 0.25) is 0 Å². The summed E-state index contributed by atoms with van der Waals surface area (Å²) in [5, 5.41) is 8.58. The van der Waals surface area contributed by atoms with Crippen molar-refractivity contribution >= 4 is 28.2 Å². The summed E-state index contributed by atoms with van der Waals surface area (Å²) in [6, 6.07) is 9.44. The highest BCUT2D eigenvalue weighted by atomic mass is 32.2. The molecule has 66 valence electrons. The van der Waals surface area contributed by atoms with Crippen LogP contribution < -0.4 is 0 Å². The van der Waals surface area contributed by atoms with Crippen molar-refractivity contribution in [2.45, 2.75) is 6.92 Å². The van der Waals surface area contributed by atoms with Crippen molar-refractivity contribution in [3.8, 4) is 6.07 Å². The maximum absolute atomic E-state index is 8.58. The van der Waals surface area contributed by atoms with Gasteiger partial charge in [0.15, 0.2) is 0 Å². The van der Waals surface area contributed by atoms with Crippen LogP contribution in [0.4, 0.5) is 0 Å². The predicted octanol–water partition coefficient (Wildman–Crippen LogP) is 2.99. The normalized spacial score (nSPS) is 9.23. The van der Waals surface area contributed by atoms with Crippen LogP contribution in [0.5, 0.6) is 0 Å². The van der Waals surface area contributed by atoms with Crippen molar-refractivity contribution in [2.24, 2.45) is 0 Å². The lowest BCUT2D eigenvalue weighted by atomic mass is 10.2. The molecule has 0 spiro atoms. The van der Waals surface area contributed by atoms with E-state index < -0.39 is 0 Å². The van der Waals surface area contributed by atoms with Crippen molar-refractivity contribution in [3.63, 3.8) is 0 Å². The highest BCUT2D eigenvalue weighted by Crippen LogP contribution is 2.14. The second-order valence-electron chi connectivity index (χ2n) is 2.41. The number of thiocarbonyl (C=S) groups is 1. The van der Waals surface area contributed by atoms with E-state index in [4.69, 9.17) is 17.5 Å². The maximum Gasteiger partial charge on any atom is 0.0991 e. The fraction of sp³-hybridized carbons (Fsp3) is 0.200. The van der Waals surface area contributed by atoms with Crippen molar-refractivity contribution in [2.75, 3.05) is 5.75 Å². The number of benzene rings is 1. The number of thioether (sulfide) groups is 1. The number of nitrogens with zero attached hydrogens (tertiary/aromatic N) is 1. The Morgan fingerprint density at radius 2 is 2.08 bits per heavy atom. The van der Waals surface area contributed by atoms with Gasteiger partial charge in [-0.15, -0.1) is 11.8 Å². The third-order valence-electron chi connectivity index (χ3n) is 1.53. The summed E-state index contributed by atoms with van der Waals surface area (Å²) in [4.78, 5) is 0. The Morgan fingerprint density at radius 3 is 2.54 bits per heavy atom. The van der Waals surface area contributed by atoms with Crippen molar-refractivity contribution in [3.05, 3.63) is 35.4 Å². The van der Waals surface area contributed by atoms with E-state index in [9.17, 15) is 0 Å². The van der Waals surface area contributed by atoms with E-state index in [0.717, 1.165) is 15.5 Å². The molecule has 0 fully saturated rings. The minimum atomic E-state index is 0.674. The number of hydrogen-bond acceptors (Lipinski definition) is 3. The standard InChI is InChI=1S/C10H9NS2/c1-2-13-10(12)9-5-3-8(7-11)4-6-9/h3-6H,2H2,1H3. The van der Waals surface area contributed by atoms with E-state index in [-0.39, 0.29) is 0 Å². The summed E-state index contributed by atoms with van der Waals surface area (Å²) in [6.45, 7) is 2.07. The summed E-state index contributed by atoms with van der Waals surface area (Å²) in [6.07, 6.45) is 0. The molecule has 0 aliphatic rings. The molecule has 0 aliphatic carbocycles. The van der Waals surface area contributed by atoms with Crippen LogP contribution in [0, 0.1) is 11.3 Å². The van der Waals surface area contributed by atoms with Gasteiger partial charge in [-0.1, -0.05) is 31.3 Å². The van der Waals surface area contributed by atoms with E-state index in [0.29, 0.717) is 5.56 Å². The molecule has 0 bridgehead atoms. The summed E-state index contributed by atoms with van der Waals surface area (Å²) in [5.41, 5.74) is 1.70. The highest BCUT2D eigenvalue weighted by molar-refractivity contribution is 8.23. The Morgan fingerprint density at radius 1 is 1.46 bits per heavy atom. The molecule has 0 saturated heterocycles. The van der Waals surface area contributed by atoms with E-state index in [2.05, 4.69) is 13.0 Å². The second-order valence-corrected chi connectivity index (χ2v) is 4.35. The third kappa shape index (κ3) is 2.83. The van der Waals surface area contributed by atoms with Gasteiger partial charge in [-0.2, -0.15) is 5.26 Å². The van der Waals surface area contributed by atoms with Crippen LogP contribution in [0.3, 0.4) is 0 Å². The van der Waals surface area contributed by atoms with Gasteiger partial charge in [0.1, 0.15) is 0 Å². The molecule has 1 aromatic rings. The Hall–Kier alpha value is -0.850. The van der Waals surface area contributed by atoms with Gasteiger partial charge in [0.25, 0.3) is 0 Å². The Bertz CT molecular complexity index is 335. The molecule has 0 saturated carbocycles. The van der Waals surface area contributed by atoms with Gasteiger partial charge in [0.05, 0.1) is 15.8 Å². The summed E-state index contributed by atoms with van der Waals surface area (Å²) >= 11 is 6.83. The third-order valence-corrected chi connectivity index (χ3v) is 2.90. The quantitative estimate of drug-likeness (QED) is 0.697. The molecular formula is C10H9NS2. The van der Waals surface area contributed by atoms with Crippen LogP contribution in [0.1, 0.15) is 18.1 Å². The second kappa shape index (κ2) is 5.00. The average molecular weight is 207 g/mol. The summed E-state index contributed by atoms with van der Waals surface area (Å²) in [7, 11) is 0. The van der Waals surface area contributed by atoms with Crippen molar-refractivity contribution in [1.82, 2.24) is 0 Å². The summed E-state index contributed by atoms with van der Waals surface area (Å²) < 4.78 is 0.895. The predicted molar refractivity (Wildman–Crippen MR) is 61.0 cm³/mol. The smallest absolute Gasteiger partial charge is 0.0991 e. The van der Waals surface area contributed by atoms with Gasteiger partial charge in [-0.25, -0.2) is 0 Å². The minimum absolute atomic E-state index is 0.674. The molecular weight excluding hydrogens is 198 g/mol. The van der Waals surface area contributed by atoms with Gasteiger partial charge in [-0.05, 0) is 23.4 Å². The number of hydrogen-bond donors (Lipinski definition) is 0. The van der Waals surface area contributed by atoms with E-state index >= 15 is 0 Å². The molecule has 1 aromatic carbocycles. The zero-order valence-corrected chi connectivity index (χ0v) is 8.91. The Labute approximate surface area is 87.8 Å². The minimum Gasteiger partial charge on any atom is -0.192 e. The molecule has 13 heavy (non-hydrogen) atoms. The number of rotatable bonds is 2. The van der Waals surface area contributed by atoms with Gasteiger partial charge in [-0.3, -0.25) is 0 Å². The molecule has 3 heteroatoms. The maximum atomic E-state index is 8.58. The molecule has 0 radical (unpaired) electrons. The first-order chi connectivity index (χ1) is 6.27. The van der Waals surface area contributed by atoms with Gasteiger partial charge in [0, 0.05) is 0 Å². The van der Waals surface area contributed by atoms with Crippen LogP contribution in [-0.2, 0) is 0 Å². The fourth-order valence-electron chi connectivity index (χ4n) is 0.895. The van der Waals surface area contributed by atoms with Crippen LogP contribution >= 0.6 is 24.0 Å². The SMILES string of the molecule is CCSC(=S)c1ccc(C#N)cc1. The molecule has 0 aliphatic heterocycles. The Balaban J connectivity index is 2.81. The molecule has 1 nitrogen and oxygen atoms in total. The highest BCUT2D eigenvalue weighted by Gasteiger charge is 1.99. The van der Waals surface area contributed by atoms with Gasteiger partial charge < -0.3 is 0 Å². The largest absolute Gasteiger partial charge is 0.192 e. The first-order valence-electron chi connectivity index (χ1n) is 3.95. The lowest BCUT2D eigenvalue weighted by molar-refractivity contribution is 1.48. The Kier molecular flexibility index (Phi) is 3.94. The average Bonchev–Trinajstić information content (AvgIpc) is 2.18. The van der Waals surface area contributed by atoms with Crippen LogP contribution in [0.25, 0.3) is 0 Å². The summed E-state index contributed by atoms with van der Waals surface area (Å²) in [5.74, 6) is 0.985. The topological polar surface area (TPSA) is 23.8 Å². The zero-order chi connectivity index (χ0) is 9.68. The molecule has 0 unspecified atom stereocenters. The molecule has 1 rings (SSSR count). The molecule has 0 amide bonds. The van der Waals surface area contributed by atoms with E-state index in [1.165, 1.54) is 0 Å². The lowest BCUT2D eigenvalue weighted by Gasteiger charge is -2.00. The van der Waals surface area contributed by atoms with Crippen LogP contribution in [0.2, 0.25) is 0 Å². The first kappa shape index (κ1) is 10.2. The molecule has 0 aromatic heterocycles. The van der Waals surface area contributed by atoms with Crippen LogP contribution in [0.15, 0.2) is 24.3 Å². The lowest BCUT2D eigenvalue weighted by Crippen LogP contribution is -1.91. The van der Waals surface area contributed by atoms with Crippen molar-refractivity contribution < 1.29 is 0 Å². The van der Waals surface area contributed by atoms with E-state index in [1.54, 1.807) is 23.9 Å². The fourth-order valence-corrected chi connectivity index (χ4v) is 1.95. The van der Waals surface area contributed by atoms with Crippen molar-refractivity contribution in [1.29, 1.82) is 5.26 Å². The van der Waals surface area contributed by atoms with Gasteiger partial charge >= 0.3 is 0 Å².